The van der Waals surface area contributed by atoms with Gasteiger partial charge in [-0.3, -0.25) is 9.78 Å². The minimum absolute atomic E-state index is 0.0405. The molecule has 2 heterocycles. The Kier molecular flexibility index (Phi) is 4.33. The van der Waals surface area contributed by atoms with E-state index in [-0.39, 0.29) is 5.91 Å². The largest absolute Gasteiger partial charge is 0.339 e. The monoisotopic (exact) mass is 305 g/mol. The topological polar surface area (TPSA) is 46.1 Å². The quantitative estimate of drug-likeness (QED) is 0.737. The molecule has 0 N–H and O–H groups in total. The van der Waals surface area contributed by atoms with Crippen LogP contribution < -0.4 is 0 Å². The average molecular weight is 305 g/mol. The van der Waals surface area contributed by atoms with Gasteiger partial charge in [-0.1, -0.05) is 18.2 Å². The maximum Gasteiger partial charge on any atom is 0.254 e. The molecule has 4 nitrogen and oxygen atoms in total. The van der Waals surface area contributed by atoms with Crippen molar-refractivity contribution in [2.75, 3.05) is 13.1 Å². The van der Waals surface area contributed by atoms with Gasteiger partial charge in [-0.05, 0) is 38.1 Å². The number of para-hydroxylation sites is 1. The zero-order valence-corrected chi connectivity index (χ0v) is 13.4. The highest BCUT2D eigenvalue weighted by Crippen LogP contribution is 2.25. The Labute approximate surface area is 135 Å². The number of fused-ring (bicyclic) bond motifs is 1. The predicted molar refractivity (Wildman–Crippen MR) is 92.2 cm³/mol. The number of carbonyl (C=O) groups excluding carboxylic acids is 1. The molecular weight excluding hydrogens is 286 g/mol. The van der Waals surface area contributed by atoms with Crippen molar-refractivity contribution in [2.45, 2.75) is 13.8 Å². The van der Waals surface area contributed by atoms with E-state index >= 15 is 0 Å². The van der Waals surface area contributed by atoms with Gasteiger partial charge in [0.1, 0.15) is 0 Å². The van der Waals surface area contributed by atoms with E-state index in [2.05, 4.69) is 9.97 Å². The molecule has 0 radical (unpaired) electrons. The summed E-state index contributed by atoms with van der Waals surface area (Å²) >= 11 is 0. The first-order valence-electron chi connectivity index (χ1n) is 7.84. The Morgan fingerprint density at radius 1 is 1.09 bits per heavy atom. The normalized spacial score (nSPS) is 10.7. The molecule has 2 aromatic heterocycles. The molecule has 0 aliphatic heterocycles. The molecular formula is C19H19N3O. The summed E-state index contributed by atoms with van der Waals surface area (Å²) in [6.45, 7) is 5.36. The zero-order chi connectivity index (χ0) is 16.2. The smallest absolute Gasteiger partial charge is 0.254 e. The van der Waals surface area contributed by atoms with Crippen molar-refractivity contribution in [3.05, 3.63) is 60.4 Å². The minimum atomic E-state index is 0.0405. The van der Waals surface area contributed by atoms with Gasteiger partial charge in [0.15, 0.2) is 0 Å². The van der Waals surface area contributed by atoms with Crippen LogP contribution in [0.1, 0.15) is 24.2 Å². The molecule has 3 rings (SSSR count). The summed E-state index contributed by atoms with van der Waals surface area (Å²) in [6.07, 6.45) is 3.50. The molecule has 3 aromatic rings. The number of carbonyl (C=O) groups is 1. The number of aromatic nitrogens is 2. The molecule has 0 saturated heterocycles. The van der Waals surface area contributed by atoms with E-state index < -0.39 is 0 Å². The summed E-state index contributed by atoms with van der Waals surface area (Å²) in [5.41, 5.74) is 3.20. The summed E-state index contributed by atoms with van der Waals surface area (Å²) in [5, 5.41) is 0.886. The maximum atomic E-state index is 12.9. The summed E-state index contributed by atoms with van der Waals surface area (Å²) < 4.78 is 0. The van der Waals surface area contributed by atoms with E-state index in [1.807, 2.05) is 61.2 Å². The van der Waals surface area contributed by atoms with Gasteiger partial charge in [0, 0.05) is 36.4 Å². The minimum Gasteiger partial charge on any atom is -0.339 e. The van der Waals surface area contributed by atoms with Crippen LogP contribution in [-0.4, -0.2) is 33.9 Å². The molecule has 116 valence electrons. The van der Waals surface area contributed by atoms with E-state index in [9.17, 15) is 4.79 Å². The fraction of sp³-hybridized carbons (Fsp3) is 0.211. The second-order valence-electron chi connectivity index (χ2n) is 5.29. The van der Waals surface area contributed by atoms with Gasteiger partial charge in [0.25, 0.3) is 5.91 Å². The van der Waals surface area contributed by atoms with E-state index in [0.29, 0.717) is 18.7 Å². The first kappa shape index (κ1) is 15.2. The van der Waals surface area contributed by atoms with Gasteiger partial charge < -0.3 is 4.90 Å². The van der Waals surface area contributed by atoms with Gasteiger partial charge in [0.2, 0.25) is 0 Å². The number of rotatable bonds is 4. The highest BCUT2D eigenvalue weighted by Gasteiger charge is 2.17. The van der Waals surface area contributed by atoms with Crippen LogP contribution >= 0.6 is 0 Å². The molecule has 4 heteroatoms. The van der Waals surface area contributed by atoms with Gasteiger partial charge in [-0.2, -0.15) is 0 Å². The molecule has 0 spiro atoms. The van der Waals surface area contributed by atoms with Crippen LogP contribution in [0.5, 0.6) is 0 Å². The number of pyridine rings is 2. The van der Waals surface area contributed by atoms with Crippen molar-refractivity contribution in [3.8, 4) is 11.3 Å². The van der Waals surface area contributed by atoms with E-state index in [1.54, 1.807) is 12.4 Å². The Bertz CT molecular complexity index is 826. The van der Waals surface area contributed by atoms with Crippen molar-refractivity contribution in [2.24, 2.45) is 0 Å². The number of hydrogen-bond acceptors (Lipinski definition) is 3. The first-order chi connectivity index (χ1) is 11.2. The van der Waals surface area contributed by atoms with Gasteiger partial charge in [-0.25, -0.2) is 4.98 Å². The molecule has 1 amide bonds. The van der Waals surface area contributed by atoms with Crippen LogP contribution in [-0.2, 0) is 0 Å². The van der Waals surface area contributed by atoms with E-state index in [1.165, 1.54) is 0 Å². The molecule has 0 fully saturated rings. The molecule has 0 unspecified atom stereocenters. The third-order valence-corrected chi connectivity index (χ3v) is 3.95. The number of benzene rings is 1. The Morgan fingerprint density at radius 3 is 2.57 bits per heavy atom. The highest BCUT2D eigenvalue weighted by molar-refractivity contribution is 6.07. The fourth-order valence-corrected chi connectivity index (χ4v) is 2.70. The molecule has 23 heavy (non-hydrogen) atoms. The predicted octanol–water partition coefficient (Wildman–Crippen LogP) is 3.78. The summed E-state index contributed by atoms with van der Waals surface area (Å²) in [5.74, 6) is 0.0405. The molecule has 0 aliphatic carbocycles. The molecule has 0 aliphatic rings. The van der Waals surface area contributed by atoms with E-state index in [0.717, 1.165) is 22.2 Å². The van der Waals surface area contributed by atoms with Crippen molar-refractivity contribution >= 4 is 16.8 Å². The van der Waals surface area contributed by atoms with Gasteiger partial charge in [-0.15, -0.1) is 0 Å². The lowest BCUT2D eigenvalue weighted by Crippen LogP contribution is -2.30. The lowest BCUT2D eigenvalue weighted by molar-refractivity contribution is 0.0775. The number of nitrogens with zero attached hydrogens (tertiary/aromatic N) is 3. The van der Waals surface area contributed by atoms with Crippen LogP contribution in [0.25, 0.3) is 22.2 Å². The van der Waals surface area contributed by atoms with Crippen LogP contribution in [0.2, 0.25) is 0 Å². The lowest BCUT2D eigenvalue weighted by Gasteiger charge is -2.20. The SMILES string of the molecule is CCN(CC)C(=O)c1cc(-c2cccnc2)nc2ccccc12. The van der Waals surface area contributed by atoms with Crippen LogP contribution in [0.3, 0.4) is 0 Å². The third kappa shape index (κ3) is 2.93. The Morgan fingerprint density at radius 2 is 1.87 bits per heavy atom. The molecule has 0 bridgehead atoms. The third-order valence-electron chi connectivity index (χ3n) is 3.95. The highest BCUT2D eigenvalue weighted by atomic mass is 16.2. The lowest BCUT2D eigenvalue weighted by atomic mass is 10.0. The molecule has 0 saturated carbocycles. The van der Waals surface area contributed by atoms with Crippen molar-refractivity contribution in [1.29, 1.82) is 0 Å². The van der Waals surface area contributed by atoms with E-state index in [4.69, 9.17) is 0 Å². The van der Waals surface area contributed by atoms with Gasteiger partial charge in [0.05, 0.1) is 16.8 Å². The number of amides is 1. The fourth-order valence-electron chi connectivity index (χ4n) is 2.70. The van der Waals surface area contributed by atoms with Crippen LogP contribution in [0, 0.1) is 0 Å². The Balaban J connectivity index is 2.21. The van der Waals surface area contributed by atoms with Crippen LogP contribution in [0.4, 0.5) is 0 Å². The number of hydrogen-bond donors (Lipinski definition) is 0. The summed E-state index contributed by atoms with van der Waals surface area (Å²) in [4.78, 5) is 23.6. The van der Waals surface area contributed by atoms with Crippen molar-refractivity contribution in [1.82, 2.24) is 14.9 Å². The molecule has 1 aromatic carbocycles. The zero-order valence-electron chi connectivity index (χ0n) is 13.4. The maximum absolute atomic E-state index is 12.9. The van der Waals surface area contributed by atoms with Gasteiger partial charge >= 0.3 is 0 Å². The van der Waals surface area contributed by atoms with Crippen molar-refractivity contribution < 1.29 is 4.79 Å². The molecule has 0 atom stereocenters. The van der Waals surface area contributed by atoms with Crippen LogP contribution in [0.15, 0.2) is 54.9 Å². The second kappa shape index (κ2) is 6.57. The van der Waals surface area contributed by atoms with Crippen molar-refractivity contribution in [3.63, 3.8) is 0 Å². The second-order valence-corrected chi connectivity index (χ2v) is 5.29. The average Bonchev–Trinajstić information content (AvgIpc) is 2.62. The first-order valence-corrected chi connectivity index (χ1v) is 7.84. The summed E-state index contributed by atoms with van der Waals surface area (Å²) in [6, 6.07) is 13.5. The Hall–Kier alpha value is -2.75. The standard InChI is InChI=1S/C19H19N3O/c1-3-22(4-2)19(23)16-12-18(14-8-7-11-20-13-14)21-17-10-6-5-9-15(16)17/h5-13H,3-4H2,1-2H3. The summed E-state index contributed by atoms with van der Waals surface area (Å²) in [7, 11) is 0.